The van der Waals surface area contributed by atoms with E-state index in [0.717, 1.165) is 36.5 Å². The molecular weight excluding hydrogens is 316 g/mol. The van der Waals surface area contributed by atoms with Crippen molar-refractivity contribution in [3.05, 3.63) is 58.7 Å². The third-order valence-electron chi connectivity index (χ3n) is 4.02. The normalized spacial score (nSPS) is 10.3. The van der Waals surface area contributed by atoms with E-state index in [1.165, 1.54) is 0 Å². The van der Waals surface area contributed by atoms with Gasteiger partial charge in [0.25, 0.3) is 0 Å². The number of rotatable bonds is 10. The molecule has 0 aliphatic rings. The van der Waals surface area contributed by atoms with Gasteiger partial charge in [-0.2, -0.15) is 0 Å². The van der Waals surface area contributed by atoms with Crippen molar-refractivity contribution >= 4 is 12.6 Å². The summed E-state index contributed by atoms with van der Waals surface area (Å²) in [6.07, 6.45) is 4.05. The van der Waals surface area contributed by atoms with Gasteiger partial charge in [0.05, 0.1) is 24.3 Å². The minimum Gasteiger partial charge on any atom is -0.493 e. The molecule has 2 rings (SSSR count). The lowest BCUT2D eigenvalue weighted by Crippen LogP contribution is -2.07. The van der Waals surface area contributed by atoms with Crippen molar-refractivity contribution in [3.63, 3.8) is 0 Å². The fourth-order valence-corrected chi connectivity index (χ4v) is 2.51. The molecule has 0 radical (unpaired) electrons. The van der Waals surface area contributed by atoms with Crippen LogP contribution in [-0.4, -0.2) is 25.8 Å². The molecule has 0 heterocycles. The monoisotopic (exact) mass is 340 g/mol. The predicted molar refractivity (Wildman–Crippen MR) is 98.0 cm³/mol. The molecule has 0 aromatic heterocycles. The topological polar surface area (TPSA) is 52.6 Å². The molecule has 2 aromatic carbocycles. The first-order valence-electron chi connectivity index (χ1n) is 8.63. The van der Waals surface area contributed by atoms with Gasteiger partial charge in [0.15, 0.2) is 12.6 Å². The van der Waals surface area contributed by atoms with Crippen molar-refractivity contribution in [3.8, 4) is 11.5 Å². The van der Waals surface area contributed by atoms with Gasteiger partial charge in [-0.15, -0.1) is 0 Å². The van der Waals surface area contributed by atoms with Crippen LogP contribution in [0.2, 0.25) is 0 Å². The third kappa shape index (κ3) is 5.18. The Morgan fingerprint density at radius 3 is 1.56 bits per heavy atom. The molecule has 0 unspecified atom stereocenters. The molecule has 4 nitrogen and oxygen atoms in total. The van der Waals surface area contributed by atoms with Crippen LogP contribution in [0.15, 0.2) is 36.4 Å². The van der Waals surface area contributed by atoms with E-state index in [4.69, 9.17) is 9.47 Å². The summed E-state index contributed by atoms with van der Waals surface area (Å²) in [5.41, 5.74) is 3.35. The van der Waals surface area contributed by atoms with Gasteiger partial charge in [-0.3, -0.25) is 9.59 Å². The highest BCUT2D eigenvalue weighted by Crippen LogP contribution is 2.20. The van der Waals surface area contributed by atoms with Gasteiger partial charge in [0.2, 0.25) is 0 Å². The smallest absolute Gasteiger partial charge is 0.153 e. The summed E-state index contributed by atoms with van der Waals surface area (Å²) in [5, 5.41) is 0. The Balaban J connectivity index is 1.84. The molecule has 0 bridgehead atoms. The molecule has 0 saturated heterocycles. The van der Waals surface area contributed by atoms with Crippen LogP contribution in [0.25, 0.3) is 0 Å². The van der Waals surface area contributed by atoms with Gasteiger partial charge in [0, 0.05) is 6.42 Å². The van der Waals surface area contributed by atoms with Crippen LogP contribution in [0.1, 0.15) is 52.1 Å². The maximum absolute atomic E-state index is 11.2. The Kier molecular flexibility index (Phi) is 7.20. The van der Waals surface area contributed by atoms with Crippen LogP contribution in [0, 0.1) is 0 Å². The van der Waals surface area contributed by atoms with Crippen molar-refractivity contribution in [1.29, 1.82) is 0 Å². The van der Waals surface area contributed by atoms with Crippen LogP contribution >= 0.6 is 0 Å². The lowest BCUT2D eigenvalue weighted by atomic mass is 10.1. The maximum atomic E-state index is 11.2. The average Bonchev–Trinajstić information content (AvgIpc) is 2.67. The number of carbonyl (C=O) groups excluding carboxylic acids is 2. The molecule has 0 atom stereocenters. The number of ether oxygens (including phenoxy) is 2. The van der Waals surface area contributed by atoms with Crippen LogP contribution in [0.5, 0.6) is 11.5 Å². The Bertz CT molecular complexity index is 660. The Morgan fingerprint density at radius 1 is 0.760 bits per heavy atom. The van der Waals surface area contributed by atoms with Crippen molar-refractivity contribution in [2.24, 2.45) is 0 Å². The first kappa shape index (κ1) is 18.7. The molecule has 0 N–H and O–H groups in total. The first-order valence-corrected chi connectivity index (χ1v) is 8.63. The molecule has 0 saturated carbocycles. The molecule has 0 aliphatic carbocycles. The highest BCUT2D eigenvalue weighted by molar-refractivity contribution is 5.80. The van der Waals surface area contributed by atoms with Crippen molar-refractivity contribution < 1.29 is 19.1 Å². The van der Waals surface area contributed by atoms with Gasteiger partial charge in [-0.25, -0.2) is 0 Å². The number of hydrogen-bond donors (Lipinski definition) is 0. The van der Waals surface area contributed by atoms with Gasteiger partial charge in [-0.1, -0.05) is 26.0 Å². The van der Waals surface area contributed by atoms with Crippen molar-refractivity contribution in [2.45, 2.75) is 33.1 Å². The molecule has 4 heteroatoms. The summed E-state index contributed by atoms with van der Waals surface area (Å²) in [7, 11) is 0. The van der Waals surface area contributed by atoms with Gasteiger partial charge >= 0.3 is 0 Å². The van der Waals surface area contributed by atoms with Crippen molar-refractivity contribution in [2.75, 3.05) is 13.2 Å². The minimum atomic E-state index is 0.440. The Hall–Kier alpha value is -2.62. The highest BCUT2D eigenvalue weighted by atomic mass is 16.5. The third-order valence-corrected chi connectivity index (χ3v) is 4.02. The zero-order valence-corrected chi connectivity index (χ0v) is 14.8. The number of hydrogen-bond acceptors (Lipinski definition) is 4. The molecule has 0 aliphatic heterocycles. The molecule has 132 valence electrons. The van der Waals surface area contributed by atoms with Crippen LogP contribution < -0.4 is 9.47 Å². The fourth-order valence-electron chi connectivity index (χ4n) is 2.51. The number of carbonyl (C=O) groups is 2. The number of benzene rings is 2. The largest absolute Gasteiger partial charge is 0.493 e. The van der Waals surface area contributed by atoms with E-state index in [1.54, 1.807) is 0 Å². The molecule has 0 amide bonds. The van der Waals surface area contributed by atoms with E-state index >= 15 is 0 Å². The van der Waals surface area contributed by atoms with Crippen molar-refractivity contribution in [1.82, 2.24) is 0 Å². The summed E-state index contributed by atoms with van der Waals surface area (Å²) in [5.74, 6) is 1.18. The zero-order valence-electron chi connectivity index (χ0n) is 14.8. The van der Waals surface area contributed by atoms with E-state index in [-0.39, 0.29) is 0 Å². The second kappa shape index (κ2) is 9.62. The van der Waals surface area contributed by atoms with E-state index in [1.807, 2.05) is 50.2 Å². The fraction of sp³-hybridized carbons (Fsp3) is 0.333. The van der Waals surface area contributed by atoms with Crippen LogP contribution in [-0.2, 0) is 12.8 Å². The van der Waals surface area contributed by atoms with E-state index in [2.05, 4.69) is 0 Å². The Labute approximate surface area is 148 Å². The second-order valence-corrected chi connectivity index (χ2v) is 5.74. The average molecular weight is 340 g/mol. The maximum Gasteiger partial charge on any atom is 0.153 e. The second-order valence-electron chi connectivity index (χ2n) is 5.74. The standard InChI is InChI=1S/C21H24O4/c1-3-16-6-8-20(18(12-16)14-22)24-10-5-11-25-21-9-7-17(4-2)13-19(21)15-23/h6-9,12-15H,3-5,10-11H2,1-2H3. The van der Waals surface area contributed by atoms with E-state index < -0.39 is 0 Å². The minimum absolute atomic E-state index is 0.440. The zero-order chi connectivity index (χ0) is 18.1. The highest BCUT2D eigenvalue weighted by Gasteiger charge is 2.06. The quantitative estimate of drug-likeness (QED) is 0.478. The molecule has 2 aromatic rings. The SMILES string of the molecule is CCc1ccc(OCCCOc2ccc(CC)cc2C=O)c(C=O)c1. The summed E-state index contributed by atoms with van der Waals surface area (Å²) in [6.45, 7) is 4.97. The predicted octanol–water partition coefficient (Wildman–Crippen LogP) is 4.28. The van der Waals surface area contributed by atoms with Gasteiger partial charge < -0.3 is 9.47 Å². The molecule has 0 spiro atoms. The van der Waals surface area contributed by atoms with Crippen LogP contribution in [0.3, 0.4) is 0 Å². The lowest BCUT2D eigenvalue weighted by molar-refractivity contribution is 0.111. The summed E-state index contributed by atoms with van der Waals surface area (Å²) in [4.78, 5) is 22.3. The number of aryl methyl sites for hydroxylation is 2. The van der Waals surface area contributed by atoms with Gasteiger partial charge in [-0.05, 0) is 48.2 Å². The summed E-state index contributed by atoms with van der Waals surface area (Å²) in [6, 6.07) is 11.3. The van der Waals surface area contributed by atoms with E-state index in [0.29, 0.717) is 42.3 Å². The molecule has 25 heavy (non-hydrogen) atoms. The number of aldehydes is 2. The summed E-state index contributed by atoms with van der Waals surface area (Å²) < 4.78 is 11.4. The molecular formula is C21H24O4. The first-order chi connectivity index (χ1) is 12.2. The van der Waals surface area contributed by atoms with Gasteiger partial charge in [0.1, 0.15) is 11.5 Å². The molecule has 0 fully saturated rings. The van der Waals surface area contributed by atoms with E-state index in [9.17, 15) is 9.59 Å². The summed E-state index contributed by atoms with van der Waals surface area (Å²) >= 11 is 0. The van der Waals surface area contributed by atoms with Crippen LogP contribution in [0.4, 0.5) is 0 Å². The Morgan fingerprint density at radius 2 is 1.20 bits per heavy atom. The lowest BCUT2D eigenvalue weighted by Gasteiger charge is -2.11.